The van der Waals surface area contributed by atoms with Crippen LogP contribution in [0.25, 0.3) is 22.6 Å². The summed E-state index contributed by atoms with van der Waals surface area (Å²) in [7, 11) is 0. The molecular weight excluding hydrogens is 288 g/mol. The molecule has 0 aliphatic carbocycles. The maximum Gasteiger partial charge on any atom is 0.198 e. The molecule has 0 saturated carbocycles. The van der Waals surface area contributed by atoms with Crippen molar-refractivity contribution in [2.24, 2.45) is 0 Å². The molecule has 0 amide bonds. The number of aromatic amines is 1. The van der Waals surface area contributed by atoms with Crippen molar-refractivity contribution in [1.29, 1.82) is 0 Å². The van der Waals surface area contributed by atoms with E-state index in [-0.39, 0.29) is 0 Å². The fraction of sp³-hybridized carbons (Fsp3) is 0.235. The molecule has 1 aliphatic rings. The second kappa shape index (κ2) is 6.18. The van der Waals surface area contributed by atoms with Gasteiger partial charge in [0, 0.05) is 56.0 Å². The molecule has 4 rings (SSSR count). The molecule has 0 bridgehead atoms. The maximum atomic E-state index is 4.42. The van der Waals surface area contributed by atoms with E-state index in [9.17, 15) is 0 Å². The number of imidazole rings is 1. The van der Waals surface area contributed by atoms with Gasteiger partial charge >= 0.3 is 0 Å². The number of para-hydroxylation sites is 1. The van der Waals surface area contributed by atoms with Crippen molar-refractivity contribution in [3.05, 3.63) is 49.2 Å². The van der Waals surface area contributed by atoms with Crippen LogP contribution in [0.4, 0.5) is 5.69 Å². The van der Waals surface area contributed by atoms with E-state index in [1.807, 2.05) is 6.07 Å². The van der Waals surface area contributed by atoms with E-state index in [0.717, 1.165) is 48.8 Å². The molecule has 115 valence electrons. The van der Waals surface area contributed by atoms with Crippen molar-refractivity contribution in [3.63, 3.8) is 0 Å². The van der Waals surface area contributed by atoms with Gasteiger partial charge in [-0.2, -0.15) is 0 Å². The van der Waals surface area contributed by atoms with Crippen LogP contribution in [-0.2, 0) is 0 Å². The molecule has 0 spiro atoms. The van der Waals surface area contributed by atoms with E-state index in [1.165, 1.54) is 5.69 Å². The lowest BCUT2D eigenvalue weighted by Gasteiger charge is -2.31. The zero-order valence-corrected chi connectivity index (χ0v) is 12.7. The number of nitrogens with zero attached hydrogens (tertiary/aromatic N) is 4. The number of hydrogen-bond donors (Lipinski definition) is 2. The minimum atomic E-state index is 0.768. The van der Waals surface area contributed by atoms with Gasteiger partial charge in [0.2, 0.25) is 0 Å². The van der Waals surface area contributed by atoms with Gasteiger partial charge in [-0.1, -0.05) is 18.2 Å². The number of benzene rings is 1. The lowest BCUT2D eigenvalue weighted by atomic mass is 10.0. The largest absolute Gasteiger partial charge is 0.368 e. The number of rotatable bonds is 3. The lowest BCUT2D eigenvalue weighted by molar-refractivity contribution is 0.589. The Morgan fingerprint density at radius 3 is 2.78 bits per heavy atom. The zero-order valence-electron chi connectivity index (χ0n) is 12.7. The highest BCUT2D eigenvalue weighted by Gasteiger charge is 2.18. The van der Waals surface area contributed by atoms with Crippen molar-refractivity contribution in [2.45, 2.75) is 0 Å². The van der Waals surface area contributed by atoms with E-state index in [0.29, 0.717) is 0 Å². The summed E-state index contributed by atoms with van der Waals surface area (Å²) in [4.78, 5) is 18.3. The Labute approximate surface area is 134 Å². The third kappa shape index (κ3) is 2.68. The van der Waals surface area contributed by atoms with Crippen molar-refractivity contribution in [2.75, 3.05) is 31.1 Å². The summed E-state index contributed by atoms with van der Waals surface area (Å²) >= 11 is 0. The molecule has 0 unspecified atom stereocenters. The van der Waals surface area contributed by atoms with E-state index >= 15 is 0 Å². The molecule has 6 heteroatoms. The Balaban J connectivity index is 1.83. The predicted molar refractivity (Wildman–Crippen MR) is 89.0 cm³/mol. The van der Waals surface area contributed by atoms with E-state index in [2.05, 4.69) is 54.7 Å². The standard InChI is InChI=1S/C17H17N6/c1-2-4-15(23-9-7-18-8-10-23)13(3-1)16-14(11-19-12-22-16)17-20-5-6-21-17/h1-6,11,18H,7-10H2,(H,20,21). The molecule has 0 atom stereocenters. The highest BCUT2D eigenvalue weighted by atomic mass is 15.2. The van der Waals surface area contributed by atoms with Crippen LogP contribution in [0.5, 0.6) is 0 Å². The smallest absolute Gasteiger partial charge is 0.198 e. The third-order valence-corrected chi connectivity index (χ3v) is 4.04. The molecule has 1 saturated heterocycles. The van der Waals surface area contributed by atoms with Crippen LogP contribution in [0.15, 0.2) is 42.9 Å². The molecule has 1 aromatic carbocycles. The first-order chi connectivity index (χ1) is 11.4. The number of aromatic nitrogens is 4. The average Bonchev–Trinajstić information content (AvgIpc) is 3.17. The summed E-state index contributed by atoms with van der Waals surface area (Å²) in [5.41, 5.74) is 4.01. The number of hydrogen-bond acceptors (Lipinski definition) is 5. The van der Waals surface area contributed by atoms with Gasteiger partial charge in [0.05, 0.1) is 11.3 Å². The molecule has 3 heterocycles. The van der Waals surface area contributed by atoms with Gasteiger partial charge in [-0.25, -0.2) is 15.0 Å². The highest BCUT2D eigenvalue weighted by Crippen LogP contribution is 2.34. The Morgan fingerprint density at radius 1 is 1.09 bits per heavy atom. The van der Waals surface area contributed by atoms with Gasteiger partial charge in [-0.05, 0) is 6.07 Å². The Bertz CT molecular complexity index is 777. The summed E-state index contributed by atoms with van der Waals surface area (Å²) < 4.78 is 0. The SMILES string of the molecule is [c]1ncc(-c2ncc[nH]2)c(-c2ccccc2N2CCNCC2)n1. The lowest BCUT2D eigenvalue weighted by Crippen LogP contribution is -2.43. The fourth-order valence-corrected chi connectivity index (χ4v) is 2.94. The summed E-state index contributed by atoms with van der Waals surface area (Å²) in [6.07, 6.45) is 8.02. The monoisotopic (exact) mass is 305 g/mol. The molecule has 2 aromatic heterocycles. The van der Waals surface area contributed by atoms with E-state index in [4.69, 9.17) is 0 Å². The Hall–Kier alpha value is -2.73. The third-order valence-electron chi connectivity index (χ3n) is 4.04. The minimum absolute atomic E-state index is 0.768. The zero-order chi connectivity index (χ0) is 15.5. The Morgan fingerprint density at radius 2 is 1.96 bits per heavy atom. The molecule has 1 fully saturated rings. The second-order valence-electron chi connectivity index (χ2n) is 5.42. The Kier molecular flexibility index (Phi) is 3.73. The maximum absolute atomic E-state index is 4.42. The van der Waals surface area contributed by atoms with Crippen LogP contribution in [0.3, 0.4) is 0 Å². The van der Waals surface area contributed by atoms with Gasteiger partial charge in [-0.15, -0.1) is 0 Å². The first-order valence-corrected chi connectivity index (χ1v) is 7.71. The normalized spacial score (nSPS) is 14.9. The van der Waals surface area contributed by atoms with Crippen molar-refractivity contribution >= 4 is 5.69 Å². The fourth-order valence-electron chi connectivity index (χ4n) is 2.94. The second-order valence-corrected chi connectivity index (χ2v) is 5.42. The molecule has 1 aliphatic heterocycles. The van der Waals surface area contributed by atoms with Crippen molar-refractivity contribution in [3.8, 4) is 22.6 Å². The molecule has 2 N–H and O–H groups in total. The van der Waals surface area contributed by atoms with Crippen molar-refractivity contribution < 1.29 is 0 Å². The van der Waals surface area contributed by atoms with Gasteiger partial charge in [0.1, 0.15) is 5.82 Å². The molecule has 1 radical (unpaired) electrons. The highest BCUT2D eigenvalue weighted by molar-refractivity contribution is 5.85. The molecular formula is C17H17N6. The van der Waals surface area contributed by atoms with E-state index < -0.39 is 0 Å². The first-order valence-electron chi connectivity index (χ1n) is 7.71. The number of piperazine rings is 1. The number of nitrogens with one attached hydrogen (secondary N) is 2. The summed E-state index contributed by atoms with van der Waals surface area (Å²) in [6, 6.07) is 8.35. The average molecular weight is 305 g/mol. The summed E-state index contributed by atoms with van der Waals surface area (Å²) in [5, 5.41) is 3.39. The van der Waals surface area contributed by atoms with Gasteiger partial charge in [-0.3, -0.25) is 0 Å². The summed E-state index contributed by atoms with van der Waals surface area (Å²) in [6.45, 7) is 3.97. The predicted octanol–water partition coefficient (Wildman–Crippen LogP) is 1.74. The summed E-state index contributed by atoms with van der Waals surface area (Å²) in [5.74, 6) is 0.768. The van der Waals surface area contributed by atoms with Crippen molar-refractivity contribution in [1.82, 2.24) is 25.3 Å². The minimum Gasteiger partial charge on any atom is -0.368 e. The van der Waals surface area contributed by atoms with Crippen LogP contribution < -0.4 is 10.2 Å². The van der Waals surface area contributed by atoms with Crippen LogP contribution in [0.2, 0.25) is 0 Å². The van der Waals surface area contributed by atoms with Crippen LogP contribution in [-0.4, -0.2) is 46.1 Å². The van der Waals surface area contributed by atoms with Crippen LogP contribution in [0.1, 0.15) is 0 Å². The molecule has 6 nitrogen and oxygen atoms in total. The molecule has 23 heavy (non-hydrogen) atoms. The molecule has 3 aromatic rings. The van der Waals surface area contributed by atoms with Gasteiger partial charge in [0.25, 0.3) is 0 Å². The first kappa shape index (κ1) is 13.9. The van der Waals surface area contributed by atoms with E-state index in [1.54, 1.807) is 18.6 Å². The van der Waals surface area contributed by atoms with Crippen LogP contribution >= 0.6 is 0 Å². The quantitative estimate of drug-likeness (QED) is 0.771. The number of H-pyrrole nitrogens is 1. The van der Waals surface area contributed by atoms with Gasteiger partial charge in [0.15, 0.2) is 6.33 Å². The van der Waals surface area contributed by atoms with Gasteiger partial charge < -0.3 is 15.2 Å². The van der Waals surface area contributed by atoms with Crippen LogP contribution in [0, 0.1) is 6.33 Å². The topological polar surface area (TPSA) is 69.7 Å². The number of anilines is 1.